The zero-order chi connectivity index (χ0) is 10.6. The van der Waals surface area contributed by atoms with E-state index < -0.39 is 11.1 Å². The molecule has 1 rings (SSSR count). The molecule has 0 saturated carbocycles. The maximum absolute atomic E-state index is 10.3. The molecule has 0 radical (unpaired) electrons. The molecule has 0 aromatic heterocycles. The fourth-order valence-electron chi connectivity index (χ4n) is 1.09. The number of rotatable bonds is 4. The molecule has 0 spiro atoms. The third-order valence-electron chi connectivity index (χ3n) is 1.80. The van der Waals surface area contributed by atoms with Gasteiger partial charge in [-0.15, -0.1) is 0 Å². The summed E-state index contributed by atoms with van der Waals surface area (Å²) in [5.74, 6) is 0.477. The molecule has 1 unspecified atom stereocenters. The highest BCUT2D eigenvalue weighted by Crippen LogP contribution is 2.26. The Hall–Kier alpha value is -1.07. The van der Waals surface area contributed by atoms with Gasteiger partial charge < -0.3 is 14.4 Å². The number of hydrogen-bond acceptors (Lipinski definition) is 4. The Morgan fingerprint density at radius 2 is 2.29 bits per heavy atom. The average molecular weight is 215 g/mol. The summed E-state index contributed by atoms with van der Waals surface area (Å²) in [5.41, 5.74) is 0.771. The lowest BCUT2D eigenvalue weighted by Crippen LogP contribution is -1.99. The molecule has 1 aromatic carbocycles. The van der Waals surface area contributed by atoms with Gasteiger partial charge in [0.25, 0.3) is 0 Å². The largest absolute Gasteiger partial charge is 0.772 e. The van der Waals surface area contributed by atoms with E-state index in [2.05, 4.69) is 0 Å². The summed E-state index contributed by atoms with van der Waals surface area (Å²) in [4.78, 5) is 0. The molecule has 78 valence electrons. The highest BCUT2D eigenvalue weighted by Gasteiger charge is 2.01. The van der Waals surface area contributed by atoms with Crippen LogP contribution < -0.4 is 4.74 Å². The molecule has 1 N–H and O–H groups in total. The summed E-state index contributed by atoms with van der Waals surface area (Å²) in [6.07, 6.45) is 0.396. The monoisotopic (exact) mass is 215 g/mol. The lowest BCUT2D eigenvalue weighted by Gasteiger charge is -2.07. The van der Waals surface area contributed by atoms with E-state index in [0.717, 1.165) is 5.56 Å². The molecule has 0 fully saturated rings. The Morgan fingerprint density at radius 1 is 1.57 bits per heavy atom. The van der Waals surface area contributed by atoms with Crippen molar-refractivity contribution in [1.82, 2.24) is 0 Å². The van der Waals surface area contributed by atoms with Crippen molar-refractivity contribution in [3.05, 3.63) is 23.8 Å². The first kappa shape index (κ1) is 11.0. The Labute approximate surface area is 84.8 Å². The zero-order valence-corrected chi connectivity index (χ0v) is 8.54. The van der Waals surface area contributed by atoms with Gasteiger partial charge in [-0.3, -0.25) is 4.21 Å². The number of phenolic OH excluding ortho intramolecular Hbond substituents is 1. The summed E-state index contributed by atoms with van der Waals surface area (Å²) < 4.78 is 25.4. The van der Waals surface area contributed by atoms with Gasteiger partial charge in [0.05, 0.1) is 7.11 Å². The lowest BCUT2D eigenvalue weighted by molar-refractivity contribution is 0.373. The maximum Gasteiger partial charge on any atom is 0.160 e. The molecule has 0 heterocycles. The first-order valence-corrected chi connectivity index (χ1v) is 5.29. The van der Waals surface area contributed by atoms with Crippen molar-refractivity contribution < 1.29 is 18.6 Å². The van der Waals surface area contributed by atoms with Crippen LogP contribution in [0.1, 0.15) is 5.56 Å². The first-order valence-electron chi connectivity index (χ1n) is 4.05. The van der Waals surface area contributed by atoms with E-state index in [1.807, 2.05) is 0 Å². The van der Waals surface area contributed by atoms with Crippen LogP contribution in [0.3, 0.4) is 0 Å². The van der Waals surface area contributed by atoms with Crippen molar-refractivity contribution in [3.8, 4) is 11.5 Å². The topological polar surface area (TPSA) is 69.6 Å². The van der Waals surface area contributed by atoms with Crippen LogP contribution in [0.25, 0.3) is 0 Å². The SMILES string of the molecule is COc1ccc(CCS(=O)[O-])cc1O. The predicted octanol–water partition coefficient (Wildman–Crippen LogP) is 0.822. The standard InChI is InChI=1S/C9H12O4S/c1-13-9-3-2-7(6-8(9)10)4-5-14(11)12/h2-3,6,10H,4-5H2,1H3,(H,11,12)/p-1. The molecule has 4 nitrogen and oxygen atoms in total. The van der Waals surface area contributed by atoms with Crippen LogP contribution in [0.5, 0.6) is 11.5 Å². The Kier molecular flexibility index (Phi) is 3.91. The van der Waals surface area contributed by atoms with Crippen LogP contribution in [0.4, 0.5) is 0 Å². The van der Waals surface area contributed by atoms with E-state index in [-0.39, 0.29) is 11.5 Å². The highest BCUT2D eigenvalue weighted by molar-refractivity contribution is 7.79. The molecule has 0 aliphatic carbocycles. The van der Waals surface area contributed by atoms with E-state index in [4.69, 9.17) is 4.74 Å². The van der Waals surface area contributed by atoms with Crippen molar-refractivity contribution in [2.45, 2.75) is 6.42 Å². The highest BCUT2D eigenvalue weighted by atomic mass is 32.2. The molecule has 0 aliphatic rings. The maximum atomic E-state index is 10.3. The quantitative estimate of drug-likeness (QED) is 0.755. The zero-order valence-electron chi connectivity index (χ0n) is 7.73. The second kappa shape index (κ2) is 4.97. The van der Waals surface area contributed by atoms with Crippen molar-refractivity contribution in [3.63, 3.8) is 0 Å². The number of phenols is 1. The molecular formula is C9H11O4S-. The molecule has 14 heavy (non-hydrogen) atoms. The third kappa shape index (κ3) is 3.01. The van der Waals surface area contributed by atoms with Crippen molar-refractivity contribution >= 4 is 11.1 Å². The average Bonchev–Trinajstić information content (AvgIpc) is 2.15. The van der Waals surface area contributed by atoms with Crippen LogP contribution in [-0.2, 0) is 17.5 Å². The van der Waals surface area contributed by atoms with Crippen molar-refractivity contribution in [2.24, 2.45) is 0 Å². The Morgan fingerprint density at radius 3 is 2.79 bits per heavy atom. The van der Waals surface area contributed by atoms with Gasteiger partial charge in [0.1, 0.15) is 0 Å². The Bertz CT molecular complexity index is 338. The van der Waals surface area contributed by atoms with E-state index in [9.17, 15) is 13.9 Å². The van der Waals surface area contributed by atoms with Gasteiger partial charge in [0.15, 0.2) is 11.5 Å². The van der Waals surface area contributed by atoms with Crippen molar-refractivity contribution in [2.75, 3.05) is 12.9 Å². The number of hydrogen-bond donors (Lipinski definition) is 1. The number of aryl methyl sites for hydroxylation is 1. The first-order chi connectivity index (χ1) is 6.63. The Balaban J connectivity index is 2.71. The minimum Gasteiger partial charge on any atom is -0.772 e. The minimum absolute atomic E-state index is 0.0293. The van der Waals surface area contributed by atoms with Gasteiger partial charge >= 0.3 is 0 Å². The van der Waals surface area contributed by atoms with Crippen LogP contribution in [-0.4, -0.2) is 26.7 Å². The molecule has 1 atom stereocenters. The minimum atomic E-state index is -2.04. The summed E-state index contributed by atoms with van der Waals surface area (Å²) in [5, 5.41) is 9.38. The summed E-state index contributed by atoms with van der Waals surface area (Å²) >= 11 is -2.04. The van der Waals surface area contributed by atoms with Crippen LogP contribution in [0, 0.1) is 0 Å². The number of aromatic hydroxyl groups is 1. The summed E-state index contributed by atoms with van der Waals surface area (Å²) in [6, 6.07) is 4.84. The number of benzene rings is 1. The van der Waals surface area contributed by atoms with Crippen LogP contribution in [0.2, 0.25) is 0 Å². The van der Waals surface area contributed by atoms with Gasteiger partial charge in [0, 0.05) is 5.75 Å². The van der Waals surface area contributed by atoms with Crippen LogP contribution >= 0.6 is 0 Å². The number of ether oxygens (including phenoxy) is 1. The molecule has 0 saturated heterocycles. The molecule has 0 aliphatic heterocycles. The molecule has 0 bridgehead atoms. The second-order valence-electron chi connectivity index (χ2n) is 2.76. The summed E-state index contributed by atoms with van der Waals surface area (Å²) in [6.45, 7) is 0. The van der Waals surface area contributed by atoms with Gasteiger partial charge in [-0.2, -0.15) is 0 Å². The predicted molar refractivity (Wildman–Crippen MR) is 52.1 cm³/mol. The number of methoxy groups -OCH3 is 1. The third-order valence-corrected chi connectivity index (χ3v) is 2.34. The van der Waals surface area contributed by atoms with Gasteiger partial charge in [-0.1, -0.05) is 17.1 Å². The lowest BCUT2D eigenvalue weighted by atomic mass is 10.1. The van der Waals surface area contributed by atoms with Gasteiger partial charge in [-0.05, 0) is 24.1 Å². The van der Waals surface area contributed by atoms with Crippen molar-refractivity contribution in [1.29, 1.82) is 0 Å². The smallest absolute Gasteiger partial charge is 0.160 e. The van der Waals surface area contributed by atoms with E-state index in [1.165, 1.54) is 13.2 Å². The molecule has 1 aromatic rings. The van der Waals surface area contributed by atoms with Gasteiger partial charge in [-0.25, -0.2) is 0 Å². The van der Waals surface area contributed by atoms with E-state index in [0.29, 0.717) is 12.2 Å². The normalized spacial score (nSPS) is 12.4. The van der Waals surface area contributed by atoms with E-state index >= 15 is 0 Å². The second-order valence-corrected chi connectivity index (χ2v) is 3.78. The fourth-order valence-corrected chi connectivity index (χ4v) is 1.49. The molecule has 5 heteroatoms. The fraction of sp³-hybridized carbons (Fsp3) is 0.333. The van der Waals surface area contributed by atoms with E-state index in [1.54, 1.807) is 12.1 Å². The van der Waals surface area contributed by atoms with Gasteiger partial charge in [0.2, 0.25) is 0 Å². The molecular weight excluding hydrogens is 204 g/mol. The summed E-state index contributed by atoms with van der Waals surface area (Å²) in [7, 11) is 1.46. The molecule has 0 amide bonds. The van der Waals surface area contributed by atoms with Crippen LogP contribution in [0.15, 0.2) is 18.2 Å².